The van der Waals surface area contributed by atoms with Crippen molar-refractivity contribution in [3.05, 3.63) is 166 Å². The molecule has 0 atom stereocenters. The van der Waals surface area contributed by atoms with Crippen molar-refractivity contribution >= 4 is 160 Å². The molecule has 0 saturated heterocycles. The number of nitrogens with zero attached hydrogens (tertiary/aromatic N) is 5. The second kappa shape index (κ2) is 25.0. The van der Waals surface area contributed by atoms with Crippen molar-refractivity contribution in [1.82, 2.24) is 0 Å². The second-order valence-electron chi connectivity index (χ2n) is 15.9. The number of benzene rings is 8. The minimum absolute atomic E-state index is 0. The summed E-state index contributed by atoms with van der Waals surface area (Å²) in [6.45, 7) is 7.77. The number of phenolic OH excluding ortho intramolecular Hbond substituents is 1. The summed E-state index contributed by atoms with van der Waals surface area (Å²) in [5, 5.41) is 58.8. The number of ether oxygens (including phenoxy) is 2. The van der Waals surface area contributed by atoms with Gasteiger partial charge in [0.25, 0.3) is 26.1 Å². The number of amides is 1. The predicted molar refractivity (Wildman–Crippen MR) is 284 cm³/mol. The van der Waals surface area contributed by atoms with Crippen molar-refractivity contribution in [2.75, 3.05) is 18.5 Å². The first-order chi connectivity index (χ1) is 35.2. The number of nitrogens with one attached hydrogen (secondary N) is 1. The molecule has 0 radical (unpaired) electrons. The van der Waals surface area contributed by atoms with Gasteiger partial charge in [-0.05, 0) is 122 Å². The molecule has 4 N–H and O–H groups in total. The summed E-state index contributed by atoms with van der Waals surface area (Å²) in [5.74, 6) is -1.36. The number of azo groups is 2. The SMILES string of the molecule is CCOc1cccc(N=C([O-])c2cc3ccccc3c(N=Nc3cc(S(=O)(=O)O)cc(Cl)c3C)c2[O-])c1.CCOc1cccc(NC(=O)c2cc3ccccc3c(N=Nc3cc(S(=O)(=O)O)cc(Cl)c3C)c2O)c1.[Ba+2]. The predicted octanol–water partition coefficient (Wildman–Crippen LogP) is 11.8. The molecule has 0 aromatic heterocycles. The second-order valence-corrected chi connectivity index (χ2v) is 19.5. The first-order valence-corrected chi connectivity index (χ1v) is 25.7. The van der Waals surface area contributed by atoms with Gasteiger partial charge in [0.05, 0.1) is 51.3 Å². The molecule has 75 heavy (non-hydrogen) atoms. The van der Waals surface area contributed by atoms with Crippen LogP contribution in [0.2, 0.25) is 10.0 Å². The molecule has 8 rings (SSSR count). The van der Waals surface area contributed by atoms with E-state index in [4.69, 9.17) is 32.7 Å². The monoisotopic (exact) mass is 1210 g/mol. The number of fused-ring (bicyclic) bond motifs is 2. The molecule has 18 nitrogen and oxygen atoms in total. The molecule has 23 heteroatoms. The van der Waals surface area contributed by atoms with Crippen molar-refractivity contribution in [1.29, 1.82) is 0 Å². The molecule has 0 bridgehead atoms. The number of halogens is 2. The zero-order valence-corrected chi connectivity index (χ0v) is 47.7. The maximum Gasteiger partial charge on any atom is 2.00 e. The van der Waals surface area contributed by atoms with Gasteiger partial charge in [-0.3, -0.25) is 18.9 Å². The van der Waals surface area contributed by atoms with E-state index in [-0.39, 0.29) is 92.8 Å². The summed E-state index contributed by atoms with van der Waals surface area (Å²) in [6, 6.07) is 34.6. The van der Waals surface area contributed by atoms with Crippen LogP contribution < -0.4 is 25.0 Å². The Hall–Kier alpha value is -6.41. The Labute approximate surface area is 481 Å². The van der Waals surface area contributed by atoms with Gasteiger partial charge in [-0.25, -0.2) is 0 Å². The number of hydrogen-bond acceptors (Lipinski definition) is 15. The zero-order valence-electron chi connectivity index (χ0n) is 40.1. The molecular formula is C52H42BaCl2N6O12S2. The Balaban J connectivity index is 0.000000241. The average molecular weight is 1220 g/mol. The number of phenols is 1. The topological polar surface area (TPSA) is 284 Å². The van der Waals surface area contributed by atoms with Gasteiger partial charge in [0.15, 0.2) is 5.75 Å². The normalized spacial score (nSPS) is 11.9. The first-order valence-electron chi connectivity index (χ1n) is 22.1. The molecule has 1 amide bonds. The standard InChI is InChI=1S/2C26H22ClN3O6S.Ba/c2*1-3-36-18-9-6-8-17(12-18)28-26(32)21-11-16-7-4-5-10-20(16)24(25(21)31)30-29-23-14-19(37(33,34)35)13-22(27)15(23)2;/h2*4-14,31H,3H2,1-2H3,(H,28,32)(H,33,34,35);/q;;+2/p-2. The molecule has 8 aromatic carbocycles. The van der Waals surface area contributed by atoms with Crippen LogP contribution in [0, 0.1) is 13.8 Å². The number of aromatic hydroxyl groups is 1. The minimum Gasteiger partial charge on any atom is -0.871 e. The Morgan fingerprint density at radius 3 is 1.64 bits per heavy atom. The fourth-order valence-corrected chi connectivity index (χ4v) is 8.78. The van der Waals surface area contributed by atoms with E-state index in [1.807, 2.05) is 13.8 Å². The van der Waals surface area contributed by atoms with Crippen LogP contribution in [0.25, 0.3) is 21.5 Å². The zero-order chi connectivity index (χ0) is 53.5. The van der Waals surface area contributed by atoms with Crippen LogP contribution >= 0.6 is 23.2 Å². The molecule has 0 aliphatic heterocycles. The molecule has 0 unspecified atom stereocenters. The van der Waals surface area contributed by atoms with Crippen molar-refractivity contribution in [2.24, 2.45) is 25.4 Å². The molecule has 0 aliphatic carbocycles. The summed E-state index contributed by atoms with van der Waals surface area (Å²) in [5.41, 5.74) is 1.27. The fraction of sp³-hybridized carbons (Fsp3) is 0.115. The Kier molecular flexibility index (Phi) is 19.3. The quantitative estimate of drug-likeness (QED) is 0.0260. The van der Waals surface area contributed by atoms with Crippen LogP contribution in [0.4, 0.5) is 34.1 Å². The summed E-state index contributed by atoms with van der Waals surface area (Å²) in [7, 11) is -9.10. The van der Waals surface area contributed by atoms with E-state index >= 15 is 0 Å². The molecule has 380 valence electrons. The van der Waals surface area contributed by atoms with Crippen LogP contribution in [0.5, 0.6) is 23.0 Å². The third-order valence-electron chi connectivity index (χ3n) is 10.9. The van der Waals surface area contributed by atoms with E-state index in [0.717, 1.165) is 24.3 Å². The largest absolute Gasteiger partial charge is 2.00 e. The Morgan fingerprint density at radius 2 is 1.11 bits per heavy atom. The first kappa shape index (κ1) is 57.9. The summed E-state index contributed by atoms with van der Waals surface area (Å²) in [4.78, 5) is 16.3. The van der Waals surface area contributed by atoms with Crippen molar-refractivity contribution in [3.8, 4) is 23.0 Å². The maximum atomic E-state index is 13.4. The number of carbonyl (C=O) groups excluding carboxylic acids is 1. The number of carbonyl (C=O) groups is 1. The van der Waals surface area contributed by atoms with E-state index in [9.17, 15) is 46.1 Å². The maximum absolute atomic E-state index is 13.4. The van der Waals surface area contributed by atoms with Gasteiger partial charge in [0, 0.05) is 38.6 Å². The average Bonchev–Trinajstić information content (AvgIpc) is 3.35. The summed E-state index contributed by atoms with van der Waals surface area (Å²) < 4.78 is 76.1. The van der Waals surface area contributed by atoms with Gasteiger partial charge >= 0.3 is 48.9 Å². The van der Waals surface area contributed by atoms with Gasteiger partial charge in [-0.1, -0.05) is 89.6 Å². The third kappa shape index (κ3) is 14.1. The van der Waals surface area contributed by atoms with Crippen molar-refractivity contribution in [3.63, 3.8) is 0 Å². The van der Waals surface area contributed by atoms with Gasteiger partial charge in [0.1, 0.15) is 17.2 Å². The van der Waals surface area contributed by atoms with Gasteiger partial charge in [-0.15, -0.1) is 5.11 Å². The van der Waals surface area contributed by atoms with Gasteiger partial charge in [0.2, 0.25) is 0 Å². The smallest absolute Gasteiger partial charge is 0.871 e. The van der Waals surface area contributed by atoms with Crippen LogP contribution in [-0.4, -0.2) is 105 Å². The van der Waals surface area contributed by atoms with Crippen LogP contribution in [0.3, 0.4) is 0 Å². The number of rotatable bonds is 14. The molecule has 8 aromatic rings. The van der Waals surface area contributed by atoms with E-state index in [1.54, 1.807) is 111 Å². The third-order valence-corrected chi connectivity index (χ3v) is 13.3. The van der Waals surface area contributed by atoms with E-state index in [0.29, 0.717) is 68.8 Å². The molecule has 0 heterocycles. The van der Waals surface area contributed by atoms with Crippen molar-refractivity contribution in [2.45, 2.75) is 37.5 Å². The van der Waals surface area contributed by atoms with E-state index in [2.05, 4.69) is 30.8 Å². The van der Waals surface area contributed by atoms with Gasteiger partial charge < -0.3 is 30.1 Å². The van der Waals surface area contributed by atoms with E-state index in [1.165, 1.54) is 12.1 Å². The molecule has 0 saturated carbocycles. The fourth-order valence-electron chi connectivity index (χ4n) is 7.17. The Morgan fingerprint density at radius 1 is 0.627 bits per heavy atom. The molecule has 0 fully saturated rings. The Bertz CT molecular complexity index is 3830. The molecular weight excluding hydrogens is 1170 g/mol. The van der Waals surface area contributed by atoms with Crippen molar-refractivity contribution < 1.29 is 55.5 Å². The molecule has 0 aliphatic rings. The van der Waals surface area contributed by atoms with Crippen LogP contribution in [0.1, 0.15) is 40.9 Å². The van der Waals surface area contributed by atoms with Gasteiger partial charge in [-0.2, -0.15) is 32.2 Å². The number of aliphatic imine (C=N–C) groups is 1. The van der Waals surface area contributed by atoms with Crippen LogP contribution in [-0.2, 0) is 20.2 Å². The minimum atomic E-state index is -4.56. The summed E-state index contributed by atoms with van der Waals surface area (Å²) >= 11 is 12.2. The number of hydrogen-bond donors (Lipinski definition) is 4. The molecule has 0 spiro atoms. The van der Waals surface area contributed by atoms with Crippen LogP contribution in [0.15, 0.2) is 169 Å². The van der Waals surface area contributed by atoms with E-state index < -0.39 is 53.3 Å². The number of anilines is 1. The summed E-state index contributed by atoms with van der Waals surface area (Å²) in [6.07, 6.45) is 0.